The molecule has 0 fully saturated rings. The first-order chi connectivity index (χ1) is 29.3. The van der Waals surface area contributed by atoms with Crippen LogP contribution >= 0.6 is 0 Å². The van der Waals surface area contributed by atoms with Crippen molar-refractivity contribution in [1.29, 1.82) is 0 Å². The quantitative estimate of drug-likeness (QED) is 0.160. The van der Waals surface area contributed by atoms with Gasteiger partial charge in [0.2, 0.25) is 0 Å². The Morgan fingerprint density at radius 2 is 0.644 bits per heavy atom. The molecule has 59 heavy (non-hydrogen) atoms. The highest BCUT2D eigenvalue weighted by atomic mass is 15.0. The highest BCUT2D eigenvalue weighted by molar-refractivity contribution is 6.30. The van der Waals surface area contributed by atoms with Crippen LogP contribution in [-0.4, -0.2) is 9.55 Å². The maximum absolute atomic E-state index is 4.36. The van der Waals surface area contributed by atoms with Gasteiger partial charge in [0.1, 0.15) is 0 Å². The van der Waals surface area contributed by atoms with Gasteiger partial charge < -0.3 is 4.57 Å². The summed E-state index contributed by atoms with van der Waals surface area (Å²) in [6.07, 6.45) is 3.77. The third-order valence-electron chi connectivity index (χ3n) is 12.3. The van der Waals surface area contributed by atoms with Gasteiger partial charge in [-0.1, -0.05) is 170 Å². The lowest BCUT2D eigenvalue weighted by Crippen LogP contribution is -2.00. The SMILES string of the molecule is c1ccc(-c2ccc3c(-c4c5ccccc5c(-n5c6ccccc6c6ccccc65)c5ccccc45)c4cc(-c5ccncc5)ccc4c(-c4ccccc4)c3c2)cc1. The maximum Gasteiger partial charge on any atom is 0.0619 e. The molecule has 0 spiro atoms. The van der Waals surface area contributed by atoms with Crippen molar-refractivity contribution in [2.75, 3.05) is 0 Å². The second-order valence-corrected chi connectivity index (χ2v) is 15.4. The van der Waals surface area contributed by atoms with Crippen LogP contribution in [-0.2, 0) is 0 Å². The van der Waals surface area contributed by atoms with Gasteiger partial charge in [-0.2, -0.15) is 0 Å². The molecule has 2 aromatic heterocycles. The molecule has 0 amide bonds. The minimum absolute atomic E-state index is 1.14. The molecule has 12 aromatic rings. The average Bonchev–Trinajstić information content (AvgIpc) is 3.64. The fraction of sp³-hybridized carbons (Fsp3) is 0. The lowest BCUT2D eigenvalue weighted by molar-refractivity contribution is 1.21. The number of aromatic nitrogens is 2. The number of nitrogens with zero attached hydrogens (tertiary/aromatic N) is 2. The molecule has 0 aliphatic heterocycles. The molecule has 0 saturated heterocycles. The summed E-state index contributed by atoms with van der Waals surface area (Å²) in [5.74, 6) is 0. The van der Waals surface area contributed by atoms with Crippen LogP contribution in [0.2, 0.25) is 0 Å². The molecule has 0 N–H and O–H groups in total. The van der Waals surface area contributed by atoms with Crippen molar-refractivity contribution < 1.29 is 0 Å². The molecule has 274 valence electrons. The van der Waals surface area contributed by atoms with Gasteiger partial charge >= 0.3 is 0 Å². The maximum atomic E-state index is 4.36. The minimum atomic E-state index is 1.14. The molecule has 0 aliphatic rings. The summed E-state index contributed by atoms with van der Waals surface area (Å²) in [5, 5.41) is 12.3. The van der Waals surface area contributed by atoms with Crippen molar-refractivity contribution in [3.63, 3.8) is 0 Å². The average molecular weight is 749 g/mol. The van der Waals surface area contributed by atoms with E-state index in [1.165, 1.54) is 104 Å². The van der Waals surface area contributed by atoms with Crippen LogP contribution in [0, 0.1) is 0 Å². The Morgan fingerprint density at radius 1 is 0.254 bits per heavy atom. The zero-order valence-electron chi connectivity index (χ0n) is 32.2. The number of hydrogen-bond acceptors (Lipinski definition) is 1. The lowest BCUT2D eigenvalue weighted by Gasteiger charge is -2.23. The van der Waals surface area contributed by atoms with E-state index in [0.717, 1.165) is 11.1 Å². The predicted molar refractivity (Wildman–Crippen MR) is 250 cm³/mol. The van der Waals surface area contributed by atoms with Crippen LogP contribution in [0.25, 0.3) is 115 Å². The molecular formula is C57H36N2. The molecule has 0 saturated carbocycles. The molecule has 2 nitrogen and oxygen atoms in total. The summed E-state index contributed by atoms with van der Waals surface area (Å²) < 4.78 is 2.50. The summed E-state index contributed by atoms with van der Waals surface area (Å²) in [7, 11) is 0. The smallest absolute Gasteiger partial charge is 0.0619 e. The van der Waals surface area contributed by atoms with Gasteiger partial charge in [-0.15, -0.1) is 0 Å². The molecule has 2 heteroatoms. The van der Waals surface area contributed by atoms with Crippen molar-refractivity contribution in [3.8, 4) is 50.2 Å². The molecular weight excluding hydrogens is 713 g/mol. The summed E-state index contributed by atoms with van der Waals surface area (Å²) >= 11 is 0. The Bertz CT molecular complexity index is 3470. The molecule has 0 atom stereocenters. The summed E-state index contributed by atoms with van der Waals surface area (Å²) in [5.41, 5.74) is 13.3. The minimum Gasteiger partial charge on any atom is -0.308 e. The van der Waals surface area contributed by atoms with Crippen molar-refractivity contribution in [3.05, 3.63) is 219 Å². The first kappa shape index (κ1) is 33.3. The second kappa shape index (κ2) is 13.4. The third kappa shape index (κ3) is 5.17. The van der Waals surface area contributed by atoms with Gasteiger partial charge in [-0.05, 0) is 113 Å². The zero-order chi connectivity index (χ0) is 38.9. The Balaban J connectivity index is 1.29. The molecule has 0 bridgehead atoms. The molecule has 2 heterocycles. The third-order valence-corrected chi connectivity index (χ3v) is 12.3. The van der Waals surface area contributed by atoms with E-state index >= 15 is 0 Å². The predicted octanol–water partition coefficient (Wildman–Crippen LogP) is 15.5. The van der Waals surface area contributed by atoms with Crippen LogP contribution in [0.15, 0.2) is 219 Å². The van der Waals surface area contributed by atoms with Crippen molar-refractivity contribution in [2.45, 2.75) is 0 Å². The van der Waals surface area contributed by atoms with Crippen LogP contribution in [0.1, 0.15) is 0 Å². The monoisotopic (exact) mass is 748 g/mol. The Hall–Kier alpha value is -7.81. The van der Waals surface area contributed by atoms with E-state index in [9.17, 15) is 0 Å². The van der Waals surface area contributed by atoms with Gasteiger partial charge in [0.05, 0.1) is 16.7 Å². The number of para-hydroxylation sites is 2. The van der Waals surface area contributed by atoms with E-state index in [1.54, 1.807) is 0 Å². The number of fused-ring (bicyclic) bond motifs is 7. The highest BCUT2D eigenvalue weighted by Gasteiger charge is 2.24. The van der Waals surface area contributed by atoms with Crippen molar-refractivity contribution in [1.82, 2.24) is 9.55 Å². The Kier molecular flexibility index (Phi) is 7.57. The molecule has 0 unspecified atom stereocenters. The normalized spacial score (nSPS) is 11.7. The van der Waals surface area contributed by atoms with Gasteiger partial charge in [-0.25, -0.2) is 0 Å². The van der Waals surface area contributed by atoms with Crippen LogP contribution < -0.4 is 0 Å². The Morgan fingerprint density at radius 3 is 1.20 bits per heavy atom. The van der Waals surface area contributed by atoms with Gasteiger partial charge in [0.25, 0.3) is 0 Å². The number of rotatable bonds is 5. The van der Waals surface area contributed by atoms with E-state index < -0.39 is 0 Å². The molecule has 0 aliphatic carbocycles. The van der Waals surface area contributed by atoms with E-state index in [1.807, 2.05) is 12.4 Å². The van der Waals surface area contributed by atoms with Crippen LogP contribution in [0.4, 0.5) is 0 Å². The van der Waals surface area contributed by atoms with Crippen LogP contribution in [0.5, 0.6) is 0 Å². The van der Waals surface area contributed by atoms with E-state index in [2.05, 4.69) is 216 Å². The molecule has 0 radical (unpaired) electrons. The second-order valence-electron chi connectivity index (χ2n) is 15.4. The number of pyridine rings is 1. The first-order valence-corrected chi connectivity index (χ1v) is 20.3. The van der Waals surface area contributed by atoms with E-state index in [4.69, 9.17) is 0 Å². The van der Waals surface area contributed by atoms with Gasteiger partial charge in [-0.3, -0.25) is 4.98 Å². The summed E-state index contributed by atoms with van der Waals surface area (Å²) in [6, 6.07) is 75.8. The first-order valence-electron chi connectivity index (χ1n) is 20.3. The highest BCUT2D eigenvalue weighted by Crippen LogP contribution is 2.51. The van der Waals surface area contributed by atoms with Crippen molar-refractivity contribution in [2.24, 2.45) is 0 Å². The van der Waals surface area contributed by atoms with Gasteiger partial charge in [0, 0.05) is 33.9 Å². The number of benzene rings is 10. The largest absolute Gasteiger partial charge is 0.308 e. The lowest BCUT2D eigenvalue weighted by atomic mass is 9.81. The van der Waals surface area contributed by atoms with Crippen LogP contribution in [0.3, 0.4) is 0 Å². The zero-order valence-corrected chi connectivity index (χ0v) is 32.2. The van der Waals surface area contributed by atoms with Gasteiger partial charge in [0.15, 0.2) is 0 Å². The summed E-state index contributed by atoms with van der Waals surface area (Å²) in [4.78, 5) is 4.36. The Labute approximate surface area is 341 Å². The molecule has 12 rings (SSSR count). The summed E-state index contributed by atoms with van der Waals surface area (Å²) in [6.45, 7) is 0. The topological polar surface area (TPSA) is 17.8 Å². The van der Waals surface area contributed by atoms with Crippen molar-refractivity contribution >= 4 is 64.9 Å². The standard InChI is InChI=1S/C57H36N2/c1-3-15-37(16-4-1)40-28-30-47-50(35-40)54(39-17-5-2-6-18-39)46-29-27-41(38-31-33-58-34-32-38)36-51(46)56(47)55-44-21-7-9-23-48(44)57(49-24-10-8-22-45(49)55)59-52-25-13-11-19-42(52)43-20-12-14-26-53(43)59/h1-36H. The fourth-order valence-electron chi connectivity index (χ4n) is 9.73. The fourth-order valence-corrected chi connectivity index (χ4v) is 9.73. The van der Waals surface area contributed by atoms with E-state index in [0.29, 0.717) is 0 Å². The van der Waals surface area contributed by atoms with E-state index in [-0.39, 0.29) is 0 Å². The molecule has 10 aromatic carbocycles. The number of hydrogen-bond donors (Lipinski definition) is 0.